The van der Waals surface area contributed by atoms with Crippen molar-refractivity contribution in [2.24, 2.45) is 0 Å². The molecule has 4 N–H and O–H groups in total. The second kappa shape index (κ2) is 13.0. The van der Waals surface area contributed by atoms with Gasteiger partial charge in [0.2, 0.25) is 0 Å². The highest BCUT2D eigenvalue weighted by Gasteiger charge is 2.30. The molecule has 0 aliphatic rings. The summed E-state index contributed by atoms with van der Waals surface area (Å²) in [6.07, 6.45) is 0.226. The van der Waals surface area contributed by atoms with Crippen LogP contribution in [0.15, 0.2) is 53.4 Å². The van der Waals surface area contributed by atoms with E-state index in [-0.39, 0.29) is 10.9 Å². The monoisotopic (exact) mass is 528 g/mol. The van der Waals surface area contributed by atoms with Gasteiger partial charge in [-0.1, -0.05) is 38.3 Å². The molecule has 0 radical (unpaired) electrons. The first-order chi connectivity index (χ1) is 16.8. The molecule has 0 fully saturated rings. The summed E-state index contributed by atoms with van der Waals surface area (Å²) in [7, 11) is -3.87. The van der Waals surface area contributed by atoms with E-state index in [9.17, 15) is 26.4 Å². The first-order valence-corrected chi connectivity index (χ1v) is 13.4. The zero-order valence-electron chi connectivity index (χ0n) is 20.8. The third-order valence-electron chi connectivity index (χ3n) is 5.36. The minimum Gasteiger partial charge on any atom is -0.338 e. The molecule has 0 saturated heterocycles. The van der Waals surface area contributed by atoms with Crippen LogP contribution >= 0.6 is 0 Å². The number of hydrogen-bond acceptors (Lipinski definition) is 4. The number of nitrogens with one attached hydrogen (secondary N) is 4. The molecule has 0 saturated carbocycles. The maximum absolute atomic E-state index is 12.7. The fourth-order valence-electron chi connectivity index (χ4n) is 3.46. The summed E-state index contributed by atoms with van der Waals surface area (Å²) in [5.74, 6) is 0. The molecule has 36 heavy (non-hydrogen) atoms. The zero-order chi connectivity index (χ0) is 26.8. The molecule has 7 nitrogen and oxygen atoms in total. The molecular formula is C25H35F3N4O3S. The number of hydrogen-bond donors (Lipinski definition) is 4. The number of sulfonamides is 1. The summed E-state index contributed by atoms with van der Waals surface area (Å²) in [5.41, 5.74) is 0.755. The van der Waals surface area contributed by atoms with Gasteiger partial charge in [-0.15, -0.1) is 0 Å². The van der Waals surface area contributed by atoms with E-state index in [4.69, 9.17) is 0 Å². The Bertz CT molecular complexity index is 1070. The first-order valence-electron chi connectivity index (χ1n) is 11.9. The Kier molecular flexibility index (Phi) is 10.6. The summed E-state index contributed by atoms with van der Waals surface area (Å²) in [6.45, 7) is 4.94. The molecule has 2 rings (SSSR count). The van der Waals surface area contributed by atoms with Gasteiger partial charge in [-0.25, -0.2) is 13.2 Å². The molecule has 0 atom stereocenters. The number of halogens is 3. The maximum atomic E-state index is 12.7. The van der Waals surface area contributed by atoms with E-state index in [1.807, 2.05) is 0 Å². The molecule has 2 aromatic carbocycles. The maximum Gasteiger partial charge on any atom is 0.401 e. The number of unbranched alkanes of at least 4 members (excludes halogenated alkanes) is 3. The van der Waals surface area contributed by atoms with Gasteiger partial charge in [0.25, 0.3) is 10.0 Å². The first kappa shape index (κ1) is 29.4. The second-order valence-corrected chi connectivity index (χ2v) is 11.0. The van der Waals surface area contributed by atoms with Crippen LogP contribution in [-0.2, 0) is 16.4 Å². The number of anilines is 2. The number of urea groups is 1. The summed E-state index contributed by atoms with van der Waals surface area (Å²) >= 11 is 0. The summed E-state index contributed by atoms with van der Waals surface area (Å²) in [6, 6.07) is 11.9. The van der Waals surface area contributed by atoms with E-state index in [1.54, 1.807) is 38.1 Å². The van der Waals surface area contributed by atoms with Crippen molar-refractivity contribution in [2.45, 2.75) is 69.5 Å². The highest BCUT2D eigenvalue weighted by atomic mass is 32.2. The zero-order valence-corrected chi connectivity index (χ0v) is 21.7. The van der Waals surface area contributed by atoms with Crippen molar-refractivity contribution in [3.05, 3.63) is 54.1 Å². The van der Waals surface area contributed by atoms with Gasteiger partial charge in [-0.2, -0.15) is 13.2 Å². The lowest BCUT2D eigenvalue weighted by Gasteiger charge is -2.27. The van der Waals surface area contributed by atoms with Crippen molar-refractivity contribution in [1.82, 2.24) is 10.6 Å². The van der Waals surface area contributed by atoms with Crippen LogP contribution in [0.2, 0.25) is 0 Å². The van der Waals surface area contributed by atoms with Crippen molar-refractivity contribution < 1.29 is 26.4 Å². The smallest absolute Gasteiger partial charge is 0.338 e. The quantitative estimate of drug-likeness (QED) is 0.252. The van der Waals surface area contributed by atoms with Crippen LogP contribution in [0.3, 0.4) is 0 Å². The van der Waals surface area contributed by atoms with Gasteiger partial charge >= 0.3 is 12.2 Å². The molecule has 0 heterocycles. The lowest BCUT2D eigenvalue weighted by molar-refractivity contribution is -0.128. The molecule has 0 spiro atoms. The number of alkyl halides is 3. The molecule has 11 heteroatoms. The van der Waals surface area contributed by atoms with Crippen LogP contribution < -0.4 is 20.7 Å². The topological polar surface area (TPSA) is 99.3 Å². The molecule has 0 aliphatic heterocycles. The molecule has 200 valence electrons. The average molecular weight is 529 g/mol. The van der Waals surface area contributed by atoms with E-state index in [1.165, 1.54) is 24.3 Å². The second-order valence-electron chi connectivity index (χ2n) is 9.30. The number of carbonyl (C=O) groups excluding carboxylic acids is 1. The molecule has 0 aliphatic carbocycles. The minimum atomic E-state index is -4.30. The van der Waals surface area contributed by atoms with Gasteiger partial charge in [0.05, 0.1) is 11.4 Å². The van der Waals surface area contributed by atoms with E-state index < -0.39 is 28.3 Å². The van der Waals surface area contributed by atoms with Crippen LogP contribution in [0.4, 0.5) is 29.3 Å². The van der Waals surface area contributed by atoms with E-state index in [0.29, 0.717) is 24.3 Å². The van der Waals surface area contributed by atoms with Gasteiger partial charge in [0, 0.05) is 23.5 Å². The molecule has 0 bridgehead atoms. The van der Waals surface area contributed by atoms with Crippen LogP contribution in [0.5, 0.6) is 0 Å². The largest absolute Gasteiger partial charge is 0.401 e. The number of benzene rings is 2. The number of rotatable bonds is 13. The Balaban J connectivity index is 1.91. The third-order valence-corrected chi connectivity index (χ3v) is 6.76. The van der Waals surface area contributed by atoms with Crippen molar-refractivity contribution in [1.29, 1.82) is 0 Å². The highest BCUT2D eigenvalue weighted by molar-refractivity contribution is 7.92. The lowest BCUT2D eigenvalue weighted by Crippen LogP contribution is -2.45. The predicted octanol–water partition coefficient (Wildman–Crippen LogP) is 5.66. The van der Waals surface area contributed by atoms with Crippen LogP contribution in [0.25, 0.3) is 0 Å². The van der Waals surface area contributed by atoms with Gasteiger partial charge < -0.3 is 16.0 Å². The van der Waals surface area contributed by atoms with Gasteiger partial charge in [-0.3, -0.25) is 4.72 Å². The van der Waals surface area contributed by atoms with Gasteiger partial charge in [0.1, 0.15) is 0 Å². The molecule has 2 amide bonds. The van der Waals surface area contributed by atoms with Crippen molar-refractivity contribution in [3.8, 4) is 0 Å². The van der Waals surface area contributed by atoms with Crippen molar-refractivity contribution in [2.75, 3.05) is 23.1 Å². The molecule has 2 aromatic rings. The van der Waals surface area contributed by atoms with Gasteiger partial charge in [-0.05, 0) is 68.7 Å². The Morgan fingerprint density at radius 2 is 1.50 bits per heavy atom. The Labute approximate surface area is 211 Å². The van der Waals surface area contributed by atoms with Crippen molar-refractivity contribution >= 4 is 27.4 Å². The fraction of sp³-hybridized carbons (Fsp3) is 0.480. The SMILES string of the molecule is CCCCCCNC(=O)Nc1ccc(S(=O)(=O)Nc2ccc(CC(C)(C)NCC(F)(F)F)cc2)cc1. The lowest BCUT2D eigenvalue weighted by atomic mass is 9.95. The molecule has 0 unspecified atom stereocenters. The Morgan fingerprint density at radius 3 is 2.08 bits per heavy atom. The molecular weight excluding hydrogens is 493 g/mol. The minimum absolute atomic E-state index is 0.0228. The standard InChI is InChI=1S/C25H35F3N4O3S/c1-4-5-6-7-16-29-23(33)31-20-12-14-22(15-13-20)36(34,35)32-21-10-8-19(9-11-21)17-24(2,3)30-18-25(26,27)28/h8-15,30,32H,4-7,16-18H2,1-3H3,(H2,29,31,33). The summed E-state index contributed by atoms with van der Waals surface area (Å²) in [4.78, 5) is 12.0. The van der Waals surface area contributed by atoms with Gasteiger partial charge in [0.15, 0.2) is 0 Å². The Hall–Kier alpha value is -2.79. The third kappa shape index (κ3) is 10.9. The number of carbonyl (C=O) groups is 1. The number of amides is 2. The van der Waals surface area contributed by atoms with Crippen LogP contribution in [-0.4, -0.2) is 39.3 Å². The normalized spacial score (nSPS) is 12.3. The fourth-order valence-corrected chi connectivity index (χ4v) is 4.52. The average Bonchev–Trinajstić information content (AvgIpc) is 2.79. The summed E-state index contributed by atoms with van der Waals surface area (Å²) in [5, 5.41) is 7.92. The molecule has 0 aromatic heterocycles. The van der Waals surface area contributed by atoms with Crippen LogP contribution in [0.1, 0.15) is 52.0 Å². The van der Waals surface area contributed by atoms with E-state index >= 15 is 0 Å². The summed E-state index contributed by atoms with van der Waals surface area (Å²) < 4.78 is 65.4. The predicted molar refractivity (Wildman–Crippen MR) is 137 cm³/mol. The van der Waals surface area contributed by atoms with Crippen LogP contribution in [0, 0.1) is 0 Å². The highest BCUT2D eigenvalue weighted by Crippen LogP contribution is 2.21. The van der Waals surface area contributed by atoms with E-state index in [0.717, 1.165) is 31.2 Å². The van der Waals surface area contributed by atoms with E-state index in [2.05, 4.69) is 27.6 Å². The van der Waals surface area contributed by atoms with Crippen molar-refractivity contribution in [3.63, 3.8) is 0 Å². The Morgan fingerprint density at radius 1 is 0.889 bits per heavy atom.